The van der Waals surface area contributed by atoms with Gasteiger partial charge in [0.25, 0.3) is 0 Å². The molecule has 0 aliphatic rings. The quantitative estimate of drug-likeness (QED) is 0.732. The SMILES string of the molecule is COc1ccc(Cl)cc1N([C@H](C)C(=O)N[C@H](C)c1ccc(F)cc1)S(C)(=O)=O. The minimum absolute atomic E-state index is 0.162. The first-order chi connectivity index (χ1) is 13.0. The van der Waals surface area contributed by atoms with Crippen molar-refractivity contribution in [1.82, 2.24) is 5.32 Å². The van der Waals surface area contributed by atoms with Crippen molar-refractivity contribution in [2.24, 2.45) is 0 Å². The number of carbonyl (C=O) groups is 1. The van der Waals surface area contributed by atoms with Crippen LogP contribution in [-0.4, -0.2) is 33.7 Å². The van der Waals surface area contributed by atoms with Crippen LogP contribution < -0.4 is 14.4 Å². The van der Waals surface area contributed by atoms with Crippen LogP contribution in [0.4, 0.5) is 10.1 Å². The lowest BCUT2D eigenvalue weighted by molar-refractivity contribution is -0.122. The molecule has 2 aromatic rings. The van der Waals surface area contributed by atoms with E-state index in [2.05, 4.69) is 5.32 Å². The van der Waals surface area contributed by atoms with Crippen molar-refractivity contribution in [3.8, 4) is 5.75 Å². The highest BCUT2D eigenvalue weighted by atomic mass is 35.5. The molecule has 2 atom stereocenters. The fourth-order valence-corrected chi connectivity index (χ4v) is 4.12. The number of carbonyl (C=O) groups excluding carboxylic acids is 1. The van der Waals surface area contributed by atoms with E-state index in [1.54, 1.807) is 25.1 Å². The van der Waals surface area contributed by atoms with Crippen molar-refractivity contribution in [1.29, 1.82) is 0 Å². The average molecular weight is 429 g/mol. The molecule has 0 radical (unpaired) electrons. The molecule has 0 bridgehead atoms. The van der Waals surface area contributed by atoms with Crippen molar-refractivity contribution in [3.63, 3.8) is 0 Å². The minimum atomic E-state index is -3.83. The Morgan fingerprint density at radius 1 is 1.18 bits per heavy atom. The number of hydrogen-bond acceptors (Lipinski definition) is 4. The molecule has 0 heterocycles. The van der Waals surface area contributed by atoms with Gasteiger partial charge in [0.2, 0.25) is 15.9 Å². The summed E-state index contributed by atoms with van der Waals surface area (Å²) in [5.41, 5.74) is 0.850. The summed E-state index contributed by atoms with van der Waals surface area (Å²) in [4.78, 5) is 12.8. The molecule has 1 N–H and O–H groups in total. The Labute approximate surface area is 169 Å². The van der Waals surface area contributed by atoms with Gasteiger partial charge in [0.15, 0.2) is 0 Å². The molecule has 2 rings (SSSR count). The zero-order chi connectivity index (χ0) is 21.1. The van der Waals surface area contributed by atoms with E-state index in [0.717, 1.165) is 10.6 Å². The van der Waals surface area contributed by atoms with Crippen molar-refractivity contribution >= 4 is 33.2 Å². The number of rotatable bonds is 7. The number of nitrogens with zero attached hydrogens (tertiary/aromatic N) is 1. The molecular formula is C19H22ClFN2O4S. The van der Waals surface area contributed by atoms with Gasteiger partial charge in [0.05, 0.1) is 25.1 Å². The Morgan fingerprint density at radius 3 is 2.32 bits per heavy atom. The highest BCUT2D eigenvalue weighted by Gasteiger charge is 2.32. The van der Waals surface area contributed by atoms with Crippen LogP contribution >= 0.6 is 11.6 Å². The Balaban J connectivity index is 2.33. The number of halogens is 2. The molecule has 2 aromatic carbocycles. The van der Waals surface area contributed by atoms with Gasteiger partial charge in [0.1, 0.15) is 17.6 Å². The Bertz CT molecular complexity index is 951. The number of benzene rings is 2. The molecule has 6 nitrogen and oxygen atoms in total. The summed E-state index contributed by atoms with van der Waals surface area (Å²) < 4.78 is 44.2. The molecule has 28 heavy (non-hydrogen) atoms. The molecule has 9 heteroatoms. The van der Waals surface area contributed by atoms with Gasteiger partial charge >= 0.3 is 0 Å². The van der Waals surface area contributed by atoms with Crippen molar-refractivity contribution in [2.75, 3.05) is 17.7 Å². The third-order valence-corrected chi connectivity index (χ3v) is 5.66. The van der Waals surface area contributed by atoms with E-state index in [4.69, 9.17) is 16.3 Å². The minimum Gasteiger partial charge on any atom is -0.495 e. The number of nitrogens with one attached hydrogen (secondary N) is 1. The normalized spacial score (nSPS) is 13.5. The van der Waals surface area contributed by atoms with Crippen LogP contribution in [0.2, 0.25) is 5.02 Å². The van der Waals surface area contributed by atoms with Crippen LogP contribution in [-0.2, 0) is 14.8 Å². The van der Waals surface area contributed by atoms with Crippen LogP contribution in [0.1, 0.15) is 25.5 Å². The van der Waals surface area contributed by atoms with E-state index >= 15 is 0 Å². The molecule has 152 valence electrons. The smallest absolute Gasteiger partial charge is 0.244 e. The highest BCUT2D eigenvalue weighted by Crippen LogP contribution is 2.34. The summed E-state index contributed by atoms with van der Waals surface area (Å²) in [5, 5.41) is 3.05. The lowest BCUT2D eigenvalue weighted by Crippen LogP contribution is -2.48. The Morgan fingerprint density at radius 2 is 1.79 bits per heavy atom. The van der Waals surface area contributed by atoms with E-state index in [9.17, 15) is 17.6 Å². The molecule has 0 unspecified atom stereocenters. The van der Waals surface area contributed by atoms with Crippen LogP contribution in [0.5, 0.6) is 5.75 Å². The second kappa shape index (κ2) is 8.79. The maximum atomic E-state index is 13.1. The molecular weight excluding hydrogens is 407 g/mol. The first kappa shape index (κ1) is 22.0. The average Bonchev–Trinajstić information content (AvgIpc) is 2.61. The number of ether oxygens (including phenoxy) is 1. The maximum Gasteiger partial charge on any atom is 0.244 e. The van der Waals surface area contributed by atoms with Crippen LogP contribution in [0.15, 0.2) is 42.5 Å². The summed E-state index contributed by atoms with van der Waals surface area (Å²) in [6.07, 6.45) is 1.00. The lowest BCUT2D eigenvalue weighted by Gasteiger charge is -2.30. The Hall–Kier alpha value is -2.32. The fourth-order valence-electron chi connectivity index (χ4n) is 2.79. The molecule has 0 spiro atoms. The molecule has 0 aromatic heterocycles. The molecule has 1 amide bonds. The number of sulfonamides is 1. The van der Waals surface area contributed by atoms with Gasteiger partial charge < -0.3 is 10.1 Å². The predicted octanol–water partition coefficient (Wildman–Crippen LogP) is 3.52. The van der Waals surface area contributed by atoms with E-state index in [1.807, 2.05) is 0 Å². The van der Waals surface area contributed by atoms with Gasteiger partial charge in [-0.2, -0.15) is 0 Å². The maximum absolute atomic E-state index is 13.1. The van der Waals surface area contributed by atoms with Gasteiger partial charge in [-0.15, -0.1) is 0 Å². The zero-order valence-electron chi connectivity index (χ0n) is 15.9. The summed E-state index contributed by atoms with van der Waals surface area (Å²) >= 11 is 6.02. The van der Waals surface area contributed by atoms with Gasteiger partial charge in [-0.1, -0.05) is 23.7 Å². The summed E-state index contributed by atoms with van der Waals surface area (Å²) in [7, 11) is -2.44. The number of amides is 1. The van der Waals surface area contributed by atoms with Gasteiger partial charge in [-0.3, -0.25) is 9.10 Å². The first-order valence-corrected chi connectivity index (χ1v) is 10.7. The number of hydrogen-bond donors (Lipinski definition) is 1. The number of methoxy groups -OCH3 is 1. The standard InChI is InChI=1S/C19H22ClFN2O4S/c1-12(14-5-8-16(21)9-6-14)22-19(24)13(2)23(28(4,25)26)17-11-15(20)7-10-18(17)27-3/h5-13H,1-4H3,(H,22,24)/t12-,13-/m1/s1. The third-order valence-electron chi connectivity index (χ3n) is 4.20. The second-order valence-electron chi connectivity index (χ2n) is 6.33. The van der Waals surface area contributed by atoms with E-state index in [0.29, 0.717) is 10.6 Å². The van der Waals surface area contributed by atoms with Gasteiger partial charge in [-0.05, 0) is 49.7 Å². The second-order valence-corrected chi connectivity index (χ2v) is 8.63. The molecule has 0 saturated heterocycles. The number of anilines is 1. The Kier molecular flexibility index (Phi) is 6.90. The van der Waals surface area contributed by atoms with Gasteiger partial charge in [0, 0.05) is 5.02 Å². The fraction of sp³-hybridized carbons (Fsp3) is 0.316. The van der Waals surface area contributed by atoms with Crippen molar-refractivity contribution < 1.29 is 22.3 Å². The summed E-state index contributed by atoms with van der Waals surface area (Å²) in [6.45, 7) is 3.19. The molecule has 0 aliphatic carbocycles. The van der Waals surface area contributed by atoms with Crippen LogP contribution in [0.25, 0.3) is 0 Å². The van der Waals surface area contributed by atoms with Crippen molar-refractivity contribution in [3.05, 3.63) is 58.9 Å². The predicted molar refractivity (Wildman–Crippen MR) is 108 cm³/mol. The topological polar surface area (TPSA) is 75.7 Å². The third kappa shape index (κ3) is 5.14. The van der Waals surface area contributed by atoms with E-state index in [1.165, 1.54) is 38.3 Å². The summed E-state index contributed by atoms with van der Waals surface area (Å²) in [6, 6.07) is 8.69. The molecule has 0 fully saturated rings. The first-order valence-electron chi connectivity index (χ1n) is 8.43. The monoisotopic (exact) mass is 428 g/mol. The van der Waals surface area contributed by atoms with E-state index < -0.39 is 28.0 Å². The largest absolute Gasteiger partial charge is 0.495 e. The van der Waals surface area contributed by atoms with Gasteiger partial charge in [-0.25, -0.2) is 12.8 Å². The van der Waals surface area contributed by atoms with Crippen LogP contribution in [0, 0.1) is 5.82 Å². The molecule has 0 saturated carbocycles. The zero-order valence-corrected chi connectivity index (χ0v) is 17.5. The highest BCUT2D eigenvalue weighted by molar-refractivity contribution is 7.92. The molecule has 0 aliphatic heterocycles. The van der Waals surface area contributed by atoms with Crippen LogP contribution in [0.3, 0.4) is 0 Å². The lowest BCUT2D eigenvalue weighted by atomic mass is 10.1. The van der Waals surface area contributed by atoms with Crippen molar-refractivity contribution in [2.45, 2.75) is 25.9 Å². The van der Waals surface area contributed by atoms with E-state index in [-0.39, 0.29) is 17.3 Å². The summed E-state index contributed by atoms with van der Waals surface area (Å²) in [5.74, 6) is -0.641.